The predicted octanol–water partition coefficient (Wildman–Crippen LogP) is 0.745. The van der Waals surface area contributed by atoms with Gasteiger partial charge in [-0.25, -0.2) is 0 Å². The molecule has 2 aromatic heterocycles. The number of hydrogen-bond acceptors (Lipinski definition) is 7. The van der Waals surface area contributed by atoms with Crippen LogP contribution in [0.5, 0.6) is 0 Å². The van der Waals surface area contributed by atoms with Crippen LogP contribution >= 0.6 is 11.8 Å². The van der Waals surface area contributed by atoms with Gasteiger partial charge < -0.3 is 10.2 Å². The minimum Gasteiger partial charge on any atom is -0.352 e. The van der Waals surface area contributed by atoms with E-state index in [2.05, 4.69) is 27.0 Å². The van der Waals surface area contributed by atoms with Crippen LogP contribution in [-0.4, -0.2) is 85.3 Å². The lowest BCUT2D eigenvalue weighted by Crippen LogP contribution is -2.51. The second-order valence-electron chi connectivity index (χ2n) is 8.63. The molecule has 0 bridgehead atoms. The number of benzene rings is 1. The van der Waals surface area contributed by atoms with Crippen LogP contribution in [0, 0.1) is 0 Å². The summed E-state index contributed by atoms with van der Waals surface area (Å²) in [4.78, 5) is 41.7. The summed E-state index contributed by atoms with van der Waals surface area (Å²) in [7, 11) is 0. The van der Waals surface area contributed by atoms with E-state index in [9.17, 15) is 14.4 Å². The fourth-order valence-corrected chi connectivity index (χ4v) is 5.04. The van der Waals surface area contributed by atoms with Gasteiger partial charge in [-0.05, 0) is 25.0 Å². The van der Waals surface area contributed by atoms with Crippen molar-refractivity contribution in [2.45, 2.75) is 30.6 Å². The van der Waals surface area contributed by atoms with Gasteiger partial charge in [-0.1, -0.05) is 30.0 Å². The number of amides is 2. The predicted molar refractivity (Wildman–Crippen MR) is 130 cm³/mol. The maximum absolute atomic E-state index is 12.9. The van der Waals surface area contributed by atoms with E-state index in [0.29, 0.717) is 67.1 Å². The number of hydrogen-bond donors (Lipinski definition) is 1. The molecule has 178 valence electrons. The Morgan fingerprint density at radius 1 is 1.15 bits per heavy atom. The van der Waals surface area contributed by atoms with Crippen molar-refractivity contribution in [3.63, 3.8) is 0 Å². The number of carbonyl (C=O) groups excluding carboxylic acids is 2. The standard InChI is InChI=1S/C23H27N7O3S/c1-2-9-29-21(33)17-5-3-4-6-18(17)30-22(29)25-26-23(30)34-15-20(32)28-12-10-27(11-13-28)14-19(31)24-16-7-8-16/h2-6,16H,1,7-15H2,(H,24,31). The summed E-state index contributed by atoms with van der Waals surface area (Å²) in [5.41, 5.74) is 0.563. The second kappa shape index (κ2) is 9.59. The van der Waals surface area contributed by atoms with E-state index < -0.39 is 0 Å². The van der Waals surface area contributed by atoms with E-state index in [1.807, 2.05) is 27.5 Å². The van der Waals surface area contributed by atoms with Crippen LogP contribution in [0.4, 0.5) is 0 Å². The lowest BCUT2D eigenvalue weighted by Gasteiger charge is -2.34. The van der Waals surface area contributed by atoms with Gasteiger partial charge in [0.05, 0.1) is 23.2 Å². The molecule has 10 nitrogen and oxygen atoms in total. The maximum atomic E-state index is 12.9. The van der Waals surface area contributed by atoms with Gasteiger partial charge in [0.25, 0.3) is 5.56 Å². The van der Waals surface area contributed by atoms with Gasteiger partial charge in [-0.15, -0.1) is 16.8 Å². The van der Waals surface area contributed by atoms with Crippen LogP contribution in [0.25, 0.3) is 16.7 Å². The molecule has 0 unspecified atom stereocenters. The molecule has 3 heterocycles. The topological polar surface area (TPSA) is 105 Å². The van der Waals surface area contributed by atoms with Crippen LogP contribution in [0.1, 0.15) is 12.8 Å². The van der Waals surface area contributed by atoms with Crippen LogP contribution in [0.15, 0.2) is 46.9 Å². The minimum atomic E-state index is -0.147. The van der Waals surface area contributed by atoms with Crippen molar-refractivity contribution in [1.29, 1.82) is 0 Å². The van der Waals surface area contributed by atoms with Crippen LogP contribution in [0.2, 0.25) is 0 Å². The first kappa shape index (κ1) is 22.6. The first-order chi connectivity index (χ1) is 16.5. The maximum Gasteiger partial charge on any atom is 0.263 e. The Morgan fingerprint density at radius 3 is 2.65 bits per heavy atom. The summed E-state index contributed by atoms with van der Waals surface area (Å²) in [6.07, 6.45) is 3.81. The lowest BCUT2D eigenvalue weighted by molar-refractivity contribution is -0.130. The van der Waals surface area contributed by atoms with Gasteiger partial charge >= 0.3 is 0 Å². The van der Waals surface area contributed by atoms with E-state index in [1.54, 1.807) is 12.1 Å². The molecule has 1 aliphatic carbocycles. The summed E-state index contributed by atoms with van der Waals surface area (Å²) in [5.74, 6) is 0.737. The number of fused-ring (bicyclic) bond motifs is 3. The van der Waals surface area contributed by atoms with Gasteiger partial charge in [0.15, 0.2) is 5.16 Å². The lowest BCUT2D eigenvalue weighted by atomic mass is 10.2. The quantitative estimate of drug-likeness (QED) is 0.374. The molecule has 1 aromatic carbocycles. The normalized spacial score (nSPS) is 16.8. The fraction of sp³-hybridized carbons (Fsp3) is 0.435. The highest BCUT2D eigenvalue weighted by atomic mass is 32.2. The Labute approximate surface area is 200 Å². The summed E-state index contributed by atoms with van der Waals surface area (Å²) in [6, 6.07) is 7.69. The zero-order valence-electron chi connectivity index (χ0n) is 18.9. The summed E-state index contributed by atoms with van der Waals surface area (Å²) in [5, 5.41) is 12.6. The molecule has 34 heavy (non-hydrogen) atoms. The van der Waals surface area contributed by atoms with Crippen molar-refractivity contribution in [3.05, 3.63) is 47.3 Å². The van der Waals surface area contributed by atoms with Crippen molar-refractivity contribution < 1.29 is 9.59 Å². The minimum absolute atomic E-state index is 0.0209. The van der Waals surface area contributed by atoms with Gasteiger partial charge in [-0.2, -0.15) is 0 Å². The first-order valence-electron chi connectivity index (χ1n) is 11.4. The van der Waals surface area contributed by atoms with Gasteiger partial charge in [0.1, 0.15) is 0 Å². The first-order valence-corrected chi connectivity index (χ1v) is 12.4. The van der Waals surface area contributed by atoms with Gasteiger partial charge in [-0.3, -0.25) is 28.3 Å². The third-order valence-corrected chi connectivity index (χ3v) is 7.06. The molecule has 11 heteroatoms. The number of nitrogens with zero attached hydrogens (tertiary/aromatic N) is 6. The number of para-hydroxylation sites is 1. The Bertz CT molecular complexity index is 1310. The molecule has 1 aliphatic heterocycles. The summed E-state index contributed by atoms with van der Waals surface area (Å²) in [6.45, 7) is 7.00. The van der Waals surface area contributed by atoms with E-state index in [4.69, 9.17) is 0 Å². The molecule has 2 aliphatic rings. The van der Waals surface area contributed by atoms with Crippen molar-refractivity contribution in [2.24, 2.45) is 0 Å². The summed E-state index contributed by atoms with van der Waals surface area (Å²) < 4.78 is 3.36. The monoisotopic (exact) mass is 481 g/mol. The van der Waals surface area contributed by atoms with Crippen molar-refractivity contribution >= 4 is 40.3 Å². The average molecular weight is 482 g/mol. The highest BCUT2D eigenvalue weighted by Gasteiger charge is 2.26. The van der Waals surface area contributed by atoms with E-state index in [0.717, 1.165) is 12.8 Å². The molecule has 0 radical (unpaired) electrons. The molecule has 2 fully saturated rings. The molecule has 3 aromatic rings. The van der Waals surface area contributed by atoms with E-state index in [-0.39, 0.29) is 23.1 Å². The van der Waals surface area contributed by atoms with Crippen LogP contribution in [-0.2, 0) is 16.1 Å². The highest BCUT2D eigenvalue weighted by Crippen LogP contribution is 2.22. The highest BCUT2D eigenvalue weighted by molar-refractivity contribution is 7.99. The van der Waals surface area contributed by atoms with Crippen LogP contribution < -0.4 is 10.9 Å². The van der Waals surface area contributed by atoms with E-state index >= 15 is 0 Å². The van der Waals surface area contributed by atoms with Crippen molar-refractivity contribution in [3.8, 4) is 0 Å². The summed E-state index contributed by atoms with van der Waals surface area (Å²) >= 11 is 1.31. The Kier molecular flexibility index (Phi) is 6.38. The second-order valence-corrected chi connectivity index (χ2v) is 9.57. The number of carbonyl (C=O) groups is 2. The molecule has 5 rings (SSSR count). The number of thioether (sulfide) groups is 1. The SMILES string of the molecule is C=CCn1c(=O)c2ccccc2n2c(SCC(=O)N3CCN(CC(=O)NC4CC4)CC3)nnc12. The Balaban J connectivity index is 1.25. The molecule has 2 amide bonds. The number of rotatable bonds is 8. The molecule has 0 atom stereocenters. The average Bonchev–Trinajstić information content (AvgIpc) is 3.56. The fourth-order valence-electron chi connectivity index (χ4n) is 4.20. The smallest absolute Gasteiger partial charge is 0.263 e. The molecular weight excluding hydrogens is 454 g/mol. The largest absolute Gasteiger partial charge is 0.352 e. The number of aromatic nitrogens is 4. The van der Waals surface area contributed by atoms with Crippen LogP contribution in [0.3, 0.4) is 0 Å². The van der Waals surface area contributed by atoms with E-state index in [1.165, 1.54) is 16.3 Å². The third kappa shape index (κ3) is 4.58. The zero-order chi connectivity index (χ0) is 23.7. The van der Waals surface area contributed by atoms with Gasteiger partial charge in [0.2, 0.25) is 17.6 Å². The number of nitrogens with one attached hydrogen (secondary N) is 1. The Morgan fingerprint density at radius 2 is 1.91 bits per heavy atom. The Hall–Kier alpha value is -3.18. The molecule has 1 saturated heterocycles. The molecular formula is C23H27N7O3S. The number of allylic oxidation sites excluding steroid dienone is 1. The molecule has 1 saturated carbocycles. The van der Waals surface area contributed by atoms with Crippen molar-refractivity contribution in [1.82, 2.24) is 34.3 Å². The molecule has 1 N–H and O–H groups in total. The molecule has 0 spiro atoms. The number of piperazine rings is 1. The third-order valence-electron chi connectivity index (χ3n) is 6.15. The van der Waals surface area contributed by atoms with Crippen molar-refractivity contribution in [2.75, 3.05) is 38.5 Å². The zero-order valence-corrected chi connectivity index (χ0v) is 19.7. The van der Waals surface area contributed by atoms with Gasteiger partial charge in [0, 0.05) is 38.8 Å².